The number of esters is 2. The van der Waals surface area contributed by atoms with Crippen molar-refractivity contribution in [1.82, 2.24) is 0 Å². The van der Waals surface area contributed by atoms with Crippen LogP contribution in [0.5, 0.6) is 5.75 Å². The van der Waals surface area contributed by atoms with Crippen molar-refractivity contribution in [2.75, 3.05) is 7.11 Å². The SMILES string of the molecule is COc1ccccc1C(=O)OC1(OC(=O)c2ccc(C)cc2)C=CCC=C1. The zero-order valence-corrected chi connectivity index (χ0v) is 15.2. The van der Waals surface area contributed by atoms with Crippen LogP contribution in [0.3, 0.4) is 0 Å². The fourth-order valence-electron chi connectivity index (χ4n) is 2.66. The lowest BCUT2D eigenvalue weighted by Crippen LogP contribution is -2.37. The molecule has 0 aromatic heterocycles. The van der Waals surface area contributed by atoms with E-state index in [4.69, 9.17) is 14.2 Å². The Hall–Kier alpha value is -3.34. The van der Waals surface area contributed by atoms with Crippen LogP contribution < -0.4 is 4.74 Å². The molecule has 27 heavy (non-hydrogen) atoms. The molecule has 3 rings (SSSR count). The summed E-state index contributed by atoms with van der Waals surface area (Å²) in [5.41, 5.74) is 1.65. The van der Waals surface area contributed by atoms with Crippen LogP contribution in [0.4, 0.5) is 0 Å². The van der Waals surface area contributed by atoms with Gasteiger partial charge in [-0.05, 0) is 37.6 Å². The fourth-order valence-corrected chi connectivity index (χ4v) is 2.66. The number of ether oxygens (including phenoxy) is 3. The number of benzene rings is 2. The molecular formula is C22H20O5. The van der Waals surface area contributed by atoms with Crippen LogP contribution in [-0.4, -0.2) is 24.8 Å². The largest absolute Gasteiger partial charge is 0.496 e. The van der Waals surface area contributed by atoms with Gasteiger partial charge in [0.05, 0.1) is 12.7 Å². The van der Waals surface area contributed by atoms with E-state index in [9.17, 15) is 9.59 Å². The van der Waals surface area contributed by atoms with Gasteiger partial charge in [-0.3, -0.25) is 0 Å². The van der Waals surface area contributed by atoms with Gasteiger partial charge in [0.2, 0.25) is 0 Å². The average Bonchev–Trinajstić information content (AvgIpc) is 2.69. The number of allylic oxidation sites excluding steroid dienone is 2. The number of hydrogen-bond donors (Lipinski definition) is 0. The summed E-state index contributed by atoms with van der Waals surface area (Å²) in [6.07, 6.45) is 7.34. The molecule has 0 unspecified atom stereocenters. The molecule has 0 amide bonds. The molecule has 0 spiro atoms. The summed E-state index contributed by atoms with van der Waals surface area (Å²) in [5.74, 6) is -2.45. The molecule has 0 saturated heterocycles. The zero-order chi connectivity index (χ0) is 19.3. The Kier molecular flexibility index (Phi) is 5.41. The van der Waals surface area contributed by atoms with Gasteiger partial charge in [0.15, 0.2) is 0 Å². The number of methoxy groups -OCH3 is 1. The number of carbonyl (C=O) groups is 2. The summed E-state index contributed by atoms with van der Waals surface area (Å²) in [7, 11) is 1.47. The molecule has 0 heterocycles. The van der Waals surface area contributed by atoms with Gasteiger partial charge in [0.25, 0.3) is 5.79 Å². The number of carbonyl (C=O) groups excluding carboxylic acids is 2. The Bertz CT molecular complexity index is 881. The van der Waals surface area contributed by atoms with Gasteiger partial charge in [-0.1, -0.05) is 42.0 Å². The van der Waals surface area contributed by atoms with Crippen molar-refractivity contribution in [3.63, 3.8) is 0 Å². The van der Waals surface area contributed by atoms with Crippen LogP contribution >= 0.6 is 0 Å². The molecule has 0 N–H and O–H groups in total. The van der Waals surface area contributed by atoms with E-state index in [2.05, 4.69) is 0 Å². The first-order valence-corrected chi connectivity index (χ1v) is 8.55. The third-order valence-electron chi connectivity index (χ3n) is 4.09. The Morgan fingerprint density at radius 3 is 2.19 bits per heavy atom. The highest BCUT2D eigenvalue weighted by Crippen LogP contribution is 2.27. The van der Waals surface area contributed by atoms with Gasteiger partial charge < -0.3 is 14.2 Å². The van der Waals surface area contributed by atoms with Gasteiger partial charge >= 0.3 is 11.9 Å². The Balaban J connectivity index is 1.85. The van der Waals surface area contributed by atoms with Crippen molar-refractivity contribution >= 4 is 11.9 Å². The predicted octanol–water partition coefficient (Wildman–Crippen LogP) is 4.23. The molecule has 2 aromatic rings. The summed E-state index contributed by atoms with van der Waals surface area (Å²) in [4.78, 5) is 25.3. The van der Waals surface area contributed by atoms with Crippen LogP contribution in [0.1, 0.15) is 32.7 Å². The Morgan fingerprint density at radius 2 is 1.52 bits per heavy atom. The van der Waals surface area contributed by atoms with Crippen molar-refractivity contribution in [2.24, 2.45) is 0 Å². The predicted molar refractivity (Wildman–Crippen MR) is 101 cm³/mol. The average molecular weight is 364 g/mol. The van der Waals surface area contributed by atoms with Crippen LogP contribution in [0.2, 0.25) is 0 Å². The van der Waals surface area contributed by atoms with E-state index in [1.807, 2.05) is 19.1 Å². The summed E-state index contributed by atoms with van der Waals surface area (Å²) < 4.78 is 16.4. The van der Waals surface area contributed by atoms with Gasteiger partial charge in [0, 0.05) is 12.2 Å². The monoisotopic (exact) mass is 364 g/mol. The van der Waals surface area contributed by atoms with Crippen LogP contribution in [-0.2, 0) is 9.47 Å². The fraction of sp³-hybridized carbons (Fsp3) is 0.182. The van der Waals surface area contributed by atoms with Crippen molar-refractivity contribution in [1.29, 1.82) is 0 Å². The molecule has 0 atom stereocenters. The highest BCUT2D eigenvalue weighted by atomic mass is 16.7. The van der Waals surface area contributed by atoms with Crippen molar-refractivity contribution in [3.8, 4) is 5.75 Å². The maximum absolute atomic E-state index is 12.7. The first kappa shape index (κ1) is 18.5. The van der Waals surface area contributed by atoms with E-state index in [1.165, 1.54) is 7.11 Å². The van der Waals surface area contributed by atoms with Crippen LogP contribution in [0.15, 0.2) is 72.8 Å². The molecular weight excluding hydrogens is 344 g/mol. The molecule has 0 bridgehead atoms. The normalized spacial score (nSPS) is 14.4. The van der Waals surface area contributed by atoms with E-state index in [0.717, 1.165) is 5.56 Å². The number of hydrogen-bond acceptors (Lipinski definition) is 5. The lowest BCUT2D eigenvalue weighted by Gasteiger charge is -2.29. The minimum absolute atomic E-state index is 0.248. The first-order chi connectivity index (χ1) is 13.0. The minimum Gasteiger partial charge on any atom is -0.496 e. The molecule has 5 heteroatoms. The molecule has 1 aliphatic rings. The standard InChI is InChI=1S/C22H20O5/c1-16-10-12-17(13-11-16)20(23)26-22(14-6-3-7-15-22)27-21(24)18-8-4-5-9-19(18)25-2/h4-15H,3H2,1-2H3. The highest BCUT2D eigenvalue weighted by Gasteiger charge is 2.36. The molecule has 2 aromatic carbocycles. The third kappa shape index (κ3) is 4.26. The van der Waals surface area contributed by atoms with E-state index < -0.39 is 17.7 Å². The van der Waals surface area contributed by atoms with E-state index in [-0.39, 0.29) is 5.56 Å². The molecule has 1 aliphatic carbocycles. The molecule has 0 fully saturated rings. The summed E-state index contributed by atoms with van der Waals surface area (Å²) in [6, 6.07) is 13.7. The van der Waals surface area contributed by atoms with Crippen LogP contribution in [0.25, 0.3) is 0 Å². The molecule has 0 radical (unpaired) electrons. The van der Waals surface area contributed by atoms with Crippen molar-refractivity contribution < 1.29 is 23.8 Å². The quantitative estimate of drug-likeness (QED) is 0.451. The lowest BCUT2D eigenvalue weighted by atomic mass is 10.1. The smallest absolute Gasteiger partial charge is 0.345 e. The number of aryl methyl sites for hydroxylation is 1. The second-order valence-electron chi connectivity index (χ2n) is 6.11. The first-order valence-electron chi connectivity index (χ1n) is 8.55. The maximum Gasteiger partial charge on any atom is 0.345 e. The van der Waals surface area contributed by atoms with Gasteiger partial charge in [-0.2, -0.15) is 0 Å². The summed E-state index contributed by atoms with van der Waals surface area (Å²) >= 11 is 0. The third-order valence-corrected chi connectivity index (χ3v) is 4.09. The molecule has 5 nitrogen and oxygen atoms in total. The van der Waals surface area contributed by atoms with Gasteiger partial charge in [0.1, 0.15) is 11.3 Å². The summed E-state index contributed by atoms with van der Waals surface area (Å²) in [6.45, 7) is 1.93. The van der Waals surface area contributed by atoms with Crippen LogP contribution in [0, 0.1) is 6.92 Å². The van der Waals surface area contributed by atoms with E-state index in [0.29, 0.717) is 17.7 Å². The van der Waals surface area contributed by atoms with Crippen molar-refractivity contribution in [2.45, 2.75) is 19.1 Å². The van der Waals surface area contributed by atoms with E-state index >= 15 is 0 Å². The molecule has 138 valence electrons. The van der Waals surface area contributed by atoms with Gasteiger partial charge in [-0.25, -0.2) is 9.59 Å². The maximum atomic E-state index is 12.7. The second kappa shape index (κ2) is 7.91. The molecule has 0 aliphatic heterocycles. The number of rotatable bonds is 5. The zero-order valence-electron chi connectivity index (χ0n) is 15.2. The Labute approximate surface area is 157 Å². The minimum atomic E-state index is -1.60. The second-order valence-corrected chi connectivity index (χ2v) is 6.11. The lowest BCUT2D eigenvalue weighted by molar-refractivity contribution is -0.104. The van der Waals surface area contributed by atoms with Gasteiger partial charge in [-0.15, -0.1) is 0 Å². The molecule has 0 saturated carbocycles. The highest BCUT2D eigenvalue weighted by molar-refractivity contribution is 5.93. The van der Waals surface area contributed by atoms with Crippen molar-refractivity contribution in [3.05, 3.63) is 89.5 Å². The Morgan fingerprint density at radius 1 is 0.889 bits per heavy atom. The number of para-hydroxylation sites is 1. The topological polar surface area (TPSA) is 61.8 Å². The van der Waals surface area contributed by atoms with E-state index in [1.54, 1.807) is 60.7 Å². The summed E-state index contributed by atoms with van der Waals surface area (Å²) in [5, 5.41) is 0.